The van der Waals surface area contributed by atoms with E-state index in [0.717, 1.165) is 31.2 Å². The van der Waals surface area contributed by atoms with E-state index >= 15 is 0 Å². The third-order valence-electron chi connectivity index (χ3n) is 6.74. The minimum Gasteiger partial charge on any atom is 0 e. The van der Waals surface area contributed by atoms with Gasteiger partial charge in [-0.25, -0.2) is 0 Å². The Kier molecular flexibility index (Phi) is 12.8. The van der Waals surface area contributed by atoms with Crippen molar-refractivity contribution in [1.82, 2.24) is 9.97 Å². The molecule has 0 amide bonds. The van der Waals surface area contributed by atoms with Gasteiger partial charge in [0.1, 0.15) is 0 Å². The molecule has 0 aliphatic heterocycles. The zero-order valence-corrected chi connectivity index (χ0v) is 27.0. The van der Waals surface area contributed by atoms with Gasteiger partial charge in [-0.15, -0.1) is 0 Å². The zero-order valence-electron chi connectivity index (χ0n) is 22.3. The van der Waals surface area contributed by atoms with Crippen molar-refractivity contribution in [2.24, 2.45) is 11.8 Å². The molecule has 4 aromatic rings. The second-order valence-electron chi connectivity index (χ2n) is 9.02. The Balaban J connectivity index is 0.000000294. The molecule has 1 radical (unpaired) electrons. The number of halogens is 3. The van der Waals surface area contributed by atoms with Crippen molar-refractivity contribution in [3.63, 3.8) is 0 Å². The van der Waals surface area contributed by atoms with Crippen LogP contribution in [0.25, 0.3) is 32.9 Å². The van der Waals surface area contributed by atoms with Gasteiger partial charge in [0.2, 0.25) is 0 Å². The fourth-order valence-electron chi connectivity index (χ4n) is 4.50. The Hall–Kier alpha value is -2.04. The zero-order chi connectivity index (χ0) is 27.9. The van der Waals surface area contributed by atoms with E-state index in [9.17, 15) is 23.1 Å². The molecule has 0 fully saturated rings. The van der Waals surface area contributed by atoms with Gasteiger partial charge in [-0.3, -0.25) is 4.79 Å². The molecule has 39 heavy (non-hydrogen) atoms. The van der Waals surface area contributed by atoms with Gasteiger partial charge in [0.05, 0.1) is 5.76 Å². The summed E-state index contributed by atoms with van der Waals surface area (Å²) < 4.78 is 45.0. The molecule has 2 heterocycles. The molecule has 2 aromatic carbocycles. The Bertz CT molecular complexity index is 1400. The summed E-state index contributed by atoms with van der Waals surface area (Å²) in [6.45, 7) is 8.07. The van der Waals surface area contributed by atoms with Crippen molar-refractivity contribution >= 4 is 47.9 Å². The standard InChI is InChI=1S/C17H8F3N2Te.C13H24O2.Ir/c18-17(19,20)14-12-4-2-1-3-10(12)7-13-15(11-5-6-23-8-11)21-9-22-16(13)14;1-5-10(6-2)12(14)9-13(15)11(7-3)8-4;/h1-4,6-9H;9-11,14H,5-8H2,1-4H3;/q-1;;/b;12-9-;. The molecule has 0 aliphatic rings. The molecule has 0 saturated heterocycles. The average molecular weight is 829 g/mol. The quantitative estimate of drug-likeness (QED) is 0.0641. The number of hydrogen-bond acceptors (Lipinski definition) is 4. The first kappa shape index (κ1) is 33.2. The van der Waals surface area contributed by atoms with Crippen molar-refractivity contribution in [2.45, 2.75) is 59.6 Å². The fourth-order valence-corrected chi connectivity index (χ4v) is 6.16. The predicted octanol–water partition coefficient (Wildman–Crippen LogP) is 8.19. The van der Waals surface area contributed by atoms with Crippen LogP contribution in [0.2, 0.25) is 0 Å². The summed E-state index contributed by atoms with van der Waals surface area (Å²) in [7, 11) is 0. The van der Waals surface area contributed by atoms with Gasteiger partial charge >= 0.3 is 139 Å². The summed E-state index contributed by atoms with van der Waals surface area (Å²) in [4.78, 5) is 19.9. The first-order valence-corrected chi connectivity index (χ1v) is 15.5. The second-order valence-corrected chi connectivity index (χ2v) is 11.1. The van der Waals surface area contributed by atoms with Crippen molar-refractivity contribution in [3.05, 3.63) is 68.3 Å². The number of nitrogens with zero attached hydrogens (tertiary/aromatic N) is 2. The number of carbonyl (C=O) groups excluding carboxylic acids is 1. The van der Waals surface area contributed by atoms with E-state index in [1.54, 1.807) is 24.3 Å². The third kappa shape index (κ3) is 8.01. The predicted molar refractivity (Wildman–Crippen MR) is 147 cm³/mol. The van der Waals surface area contributed by atoms with Crippen molar-refractivity contribution in [2.75, 3.05) is 0 Å². The van der Waals surface area contributed by atoms with Crippen molar-refractivity contribution in [3.8, 4) is 11.3 Å². The Morgan fingerprint density at radius 3 is 2.23 bits per heavy atom. The first-order valence-electron chi connectivity index (χ1n) is 12.8. The van der Waals surface area contributed by atoms with Crippen LogP contribution < -0.4 is 0 Å². The number of ketones is 1. The summed E-state index contributed by atoms with van der Waals surface area (Å²) in [6, 6.07) is 11.3. The minimum absolute atomic E-state index is 0. The number of aliphatic hydroxyl groups is 1. The van der Waals surface area contributed by atoms with Crippen molar-refractivity contribution < 1.29 is 43.2 Å². The number of alkyl halides is 3. The topological polar surface area (TPSA) is 63.1 Å². The molecule has 0 saturated carbocycles. The maximum atomic E-state index is 13.7. The average Bonchev–Trinajstić information content (AvgIpc) is 3.43. The summed E-state index contributed by atoms with van der Waals surface area (Å²) >= 11 is -0.398. The SMILES string of the molecule is CCC(CC)C(=O)/C=C(\O)C(CC)CC.FC(F)(F)c1c2ccccc2cc2c(-c3[c-]c[te]c3)ncnc12.[Ir]. The molecule has 4 rings (SSSR count). The van der Waals surface area contributed by atoms with Crippen LogP contribution in [-0.2, 0) is 31.1 Å². The Morgan fingerprint density at radius 1 is 1.03 bits per heavy atom. The number of aromatic nitrogens is 2. The van der Waals surface area contributed by atoms with E-state index in [-0.39, 0.29) is 54.4 Å². The second kappa shape index (κ2) is 15.1. The largest absolute Gasteiger partial charge is 0 e. The van der Waals surface area contributed by atoms with Crippen LogP contribution in [0.5, 0.6) is 0 Å². The van der Waals surface area contributed by atoms with E-state index in [2.05, 4.69) is 16.0 Å². The molecule has 0 aliphatic carbocycles. The molecule has 1 N–H and O–H groups in total. The van der Waals surface area contributed by atoms with Gasteiger partial charge in [0.25, 0.3) is 0 Å². The molecule has 0 atom stereocenters. The third-order valence-corrected chi connectivity index (χ3v) is 8.53. The van der Waals surface area contributed by atoms with Gasteiger partial charge < -0.3 is 5.11 Å². The van der Waals surface area contributed by atoms with Crippen LogP contribution in [-0.4, -0.2) is 41.3 Å². The van der Waals surface area contributed by atoms with E-state index in [1.165, 1.54) is 18.5 Å². The summed E-state index contributed by atoms with van der Waals surface area (Å²) in [5.41, 5.74) is 0.526. The Morgan fingerprint density at radius 2 is 1.67 bits per heavy atom. The number of rotatable bonds is 8. The normalized spacial score (nSPS) is 12.0. The van der Waals surface area contributed by atoms with E-state index < -0.39 is 32.2 Å². The number of fused-ring (bicyclic) bond motifs is 2. The van der Waals surface area contributed by atoms with Crippen LogP contribution in [0.1, 0.15) is 58.9 Å². The molecule has 4 nitrogen and oxygen atoms in total. The smallest absolute Gasteiger partial charge is 0 e. The van der Waals surface area contributed by atoms with E-state index in [0.29, 0.717) is 16.5 Å². The van der Waals surface area contributed by atoms with Crippen LogP contribution >= 0.6 is 0 Å². The Labute approximate surface area is 250 Å². The van der Waals surface area contributed by atoms with Gasteiger partial charge in [-0.2, -0.15) is 0 Å². The number of carbonyl (C=O) groups is 1. The summed E-state index contributed by atoms with van der Waals surface area (Å²) in [5, 5.41) is 10.9. The molecular formula is C30H32F3IrN2O2Te-. The van der Waals surface area contributed by atoms with Gasteiger partial charge in [0.15, 0.2) is 5.78 Å². The monoisotopic (exact) mass is 832 g/mol. The van der Waals surface area contributed by atoms with Crippen LogP contribution in [0.3, 0.4) is 0 Å². The number of hydrogen-bond donors (Lipinski definition) is 1. The maximum Gasteiger partial charge on any atom is 0 e. The fraction of sp³-hybridized carbons (Fsp3) is 0.367. The number of allylic oxidation sites excluding steroid dienone is 2. The summed E-state index contributed by atoms with van der Waals surface area (Å²) in [5.74, 6) is 0.547. The van der Waals surface area contributed by atoms with Crippen LogP contribution in [0.4, 0.5) is 13.2 Å². The molecule has 0 spiro atoms. The molecule has 2 aromatic heterocycles. The van der Waals surface area contributed by atoms with Gasteiger partial charge in [-0.05, 0) is 25.7 Å². The number of aliphatic hydroxyl groups excluding tert-OH is 1. The van der Waals surface area contributed by atoms with Gasteiger partial charge in [-0.1, -0.05) is 27.7 Å². The number of benzene rings is 2. The molecule has 0 bridgehead atoms. The van der Waals surface area contributed by atoms with Crippen LogP contribution in [0, 0.1) is 17.9 Å². The van der Waals surface area contributed by atoms with Crippen molar-refractivity contribution in [1.29, 1.82) is 0 Å². The summed E-state index contributed by atoms with van der Waals surface area (Å²) in [6.07, 6.45) is 1.62. The molecular weight excluding hydrogens is 797 g/mol. The maximum absolute atomic E-state index is 13.7. The first-order chi connectivity index (χ1) is 18.2. The van der Waals surface area contributed by atoms with E-state index in [4.69, 9.17) is 0 Å². The van der Waals surface area contributed by atoms with E-state index in [1.807, 2.05) is 35.9 Å². The molecule has 0 unspecified atom stereocenters. The minimum atomic E-state index is -4.48. The van der Waals surface area contributed by atoms with Crippen LogP contribution in [0.15, 0.2) is 56.7 Å². The molecule has 211 valence electrons. The van der Waals surface area contributed by atoms with Gasteiger partial charge in [0, 0.05) is 38.0 Å². The molecule has 9 heteroatoms.